The number of methoxy groups -OCH3 is 1. The molecule has 20 heavy (non-hydrogen) atoms. The highest BCUT2D eigenvalue weighted by atomic mass is 32.2. The minimum Gasteiger partial charge on any atom is -0.469 e. The molecule has 1 aliphatic rings. The molecule has 7 nitrogen and oxygen atoms in total. The highest BCUT2D eigenvalue weighted by Gasteiger charge is 2.28. The molecule has 0 radical (unpaired) electrons. The van der Waals surface area contributed by atoms with Crippen LogP contribution in [0.2, 0.25) is 0 Å². The fourth-order valence-corrected chi connectivity index (χ4v) is 3.81. The van der Waals surface area contributed by atoms with E-state index in [-0.39, 0.29) is 30.5 Å². The number of carbonyl (C=O) groups excluding carboxylic acids is 2. The largest absolute Gasteiger partial charge is 0.469 e. The molecule has 1 saturated heterocycles. The second-order valence-electron chi connectivity index (χ2n) is 4.89. The molecule has 0 saturated carbocycles. The van der Waals surface area contributed by atoms with Crippen molar-refractivity contribution in [3.05, 3.63) is 0 Å². The summed E-state index contributed by atoms with van der Waals surface area (Å²) in [6.45, 7) is 2.20. The quantitative estimate of drug-likeness (QED) is 0.690. The molecule has 8 heteroatoms. The van der Waals surface area contributed by atoms with Gasteiger partial charge in [-0.15, -0.1) is 0 Å². The van der Waals surface area contributed by atoms with Crippen LogP contribution in [0.5, 0.6) is 0 Å². The summed E-state index contributed by atoms with van der Waals surface area (Å²) in [7, 11) is -2.10. The molecule has 0 aliphatic carbocycles. The van der Waals surface area contributed by atoms with Crippen LogP contribution in [-0.4, -0.2) is 56.6 Å². The molecule has 0 bridgehead atoms. The van der Waals surface area contributed by atoms with Gasteiger partial charge in [-0.05, 0) is 19.3 Å². The molecule has 1 heterocycles. The molecule has 1 amide bonds. The highest BCUT2D eigenvalue weighted by Crippen LogP contribution is 2.15. The molecule has 1 aliphatic heterocycles. The first-order valence-electron chi connectivity index (χ1n) is 6.67. The molecule has 1 unspecified atom stereocenters. The number of carbonyl (C=O) groups is 2. The number of rotatable bonds is 6. The maximum Gasteiger partial charge on any atom is 0.305 e. The van der Waals surface area contributed by atoms with Crippen LogP contribution in [0.4, 0.5) is 0 Å². The van der Waals surface area contributed by atoms with E-state index in [1.54, 1.807) is 0 Å². The highest BCUT2D eigenvalue weighted by molar-refractivity contribution is 7.89. The monoisotopic (exact) mass is 306 g/mol. The van der Waals surface area contributed by atoms with E-state index in [0.29, 0.717) is 13.1 Å². The molecule has 0 aromatic rings. The van der Waals surface area contributed by atoms with E-state index in [4.69, 9.17) is 0 Å². The summed E-state index contributed by atoms with van der Waals surface area (Å²) in [6, 6.07) is -0.128. The average molecular weight is 306 g/mol. The molecule has 116 valence electrons. The minimum absolute atomic E-state index is 0.0745. The van der Waals surface area contributed by atoms with Gasteiger partial charge in [0.15, 0.2) is 0 Å². The molecule has 0 aromatic carbocycles. The first kappa shape index (κ1) is 16.9. The molecule has 0 aromatic heterocycles. The summed E-state index contributed by atoms with van der Waals surface area (Å²) in [5, 5.41) is 2.75. The van der Waals surface area contributed by atoms with Crippen molar-refractivity contribution < 1.29 is 22.7 Å². The average Bonchev–Trinajstić information content (AvgIpc) is 2.38. The normalized spacial score (nSPS) is 20.4. The minimum atomic E-state index is -3.38. The number of ether oxygens (including phenoxy) is 1. The van der Waals surface area contributed by atoms with Gasteiger partial charge < -0.3 is 10.1 Å². The first-order chi connectivity index (χ1) is 9.35. The van der Waals surface area contributed by atoms with Gasteiger partial charge >= 0.3 is 5.97 Å². The van der Waals surface area contributed by atoms with Gasteiger partial charge in [-0.1, -0.05) is 0 Å². The predicted octanol–water partition coefficient (Wildman–Crippen LogP) is -0.130. The second-order valence-corrected chi connectivity index (χ2v) is 6.98. The van der Waals surface area contributed by atoms with E-state index in [9.17, 15) is 18.0 Å². The Kier molecular flexibility index (Phi) is 6.41. The fourth-order valence-electron chi connectivity index (χ4n) is 2.23. The Morgan fingerprint density at radius 1 is 1.40 bits per heavy atom. The van der Waals surface area contributed by atoms with Crippen molar-refractivity contribution in [1.82, 2.24) is 9.62 Å². The lowest BCUT2D eigenvalue weighted by molar-refractivity contribution is -0.140. The molecular weight excluding hydrogens is 284 g/mol. The third-order valence-corrected chi connectivity index (χ3v) is 5.12. The van der Waals surface area contributed by atoms with Crippen LogP contribution in [0.3, 0.4) is 0 Å². The molecular formula is C12H22N2O5S. The van der Waals surface area contributed by atoms with Gasteiger partial charge in [-0.25, -0.2) is 8.42 Å². The van der Waals surface area contributed by atoms with Crippen molar-refractivity contribution in [2.75, 3.05) is 26.0 Å². The maximum absolute atomic E-state index is 12.1. The third kappa shape index (κ3) is 5.46. The van der Waals surface area contributed by atoms with Crippen molar-refractivity contribution >= 4 is 21.9 Å². The summed E-state index contributed by atoms with van der Waals surface area (Å²) in [4.78, 5) is 22.0. The van der Waals surface area contributed by atoms with Gasteiger partial charge in [0.1, 0.15) is 0 Å². The second kappa shape index (κ2) is 7.58. The lowest BCUT2D eigenvalue weighted by atomic mass is 10.1. The summed E-state index contributed by atoms with van der Waals surface area (Å²) >= 11 is 0. The van der Waals surface area contributed by atoms with Crippen molar-refractivity contribution in [2.24, 2.45) is 0 Å². The Bertz CT molecular complexity index is 449. The zero-order valence-corrected chi connectivity index (χ0v) is 12.7. The van der Waals surface area contributed by atoms with Crippen LogP contribution >= 0.6 is 0 Å². The number of amides is 1. The molecule has 1 fully saturated rings. The molecule has 0 spiro atoms. The van der Waals surface area contributed by atoms with E-state index in [2.05, 4.69) is 10.1 Å². The SMILES string of the molecule is COC(=O)CCCS(=O)(=O)N1CCCC(NC(C)=O)C1. The van der Waals surface area contributed by atoms with Crippen molar-refractivity contribution in [3.63, 3.8) is 0 Å². The lowest BCUT2D eigenvalue weighted by Crippen LogP contribution is -2.49. The van der Waals surface area contributed by atoms with Crippen molar-refractivity contribution in [1.29, 1.82) is 0 Å². The number of hydrogen-bond donors (Lipinski definition) is 1. The summed E-state index contributed by atoms with van der Waals surface area (Å²) < 4.78 is 30.2. The maximum atomic E-state index is 12.1. The van der Waals surface area contributed by atoms with E-state index in [1.165, 1.54) is 18.3 Å². The van der Waals surface area contributed by atoms with Gasteiger partial charge in [0.05, 0.1) is 12.9 Å². The Morgan fingerprint density at radius 2 is 2.10 bits per heavy atom. The van der Waals surface area contributed by atoms with E-state index >= 15 is 0 Å². The zero-order valence-electron chi connectivity index (χ0n) is 11.9. The summed E-state index contributed by atoms with van der Waals surface area (Å²) in [6.07, 6.45) is 1.85. The third-order valence-electron chi connectivity index (χ3n) is 3.20. The summed E-state index contributed by atoms with van der Waals surface area (Å²) in [5.74, 6) is -0.635. The summed E-state index contributed by atoms with van der Waals surface area (Å²) in [5.41, 5.74) is 0. The number of esters is 1. The van der Waals surface area contributed by atoms with Crippen LogP contribution in [0.25, 0.3) is 0 Å². The van der Waals surface area contributed by atoms with Crippen LogP contribution in [0.1, 0.15) is 32.6 Å². The Labute approximate surface area is 119 Å². The van der Waals surface area contributed by atoms with Gasteiger partial charge in [-0.2, -0.15) is 4.31 Å². The van der Waals surface area contributed by atoms with Crippen LogP contribution in [-0.2, 0) is 24.3 Å². The Balaban J connectivity index is 2.49. The van der Waals surface area contributed by atoms with Gasteiger partial charge in [0, 0.05) is 32.5 Å². The van der Waals surface area contributed by atoms with Crippen molar-refractivity contribution in [2.45, 2.75) is 38.6 Å². The standard InChI is InChI=1S/C12H22N2O5S/c1-10(15)13-11-5-3-7-14(9-11)20(17,18)8-4-6-12(16)19-2/h11H,3-9H2,1-2H3,(H,13,15). The zero-order chi connectivity index (χ0) is 15.2. The van der Waals surface area contributed by atoms with E-state index in [0.717, 1.165) is 12.8 Å². The van der Waals surface area contributed by atoms with Gasteiger partial charge in [-0.3, -0.25) is 9.59 Å². The predicted molar refractivity (Wildman–Crippen MR) is 73.4 cm³/mol. The Morgan fingerprint density at radius 3 is 2.70 bits per heavy atom. The molecule has 1 atom stereocenters. The lowest BCUT2D eigenvalue weighted by Gasteiger charge is -2.32. The number of hydrogen-bond acceptors (Lipinski definition) is 5. The Hall–Kier alpha value is -1.15. The van der Waals surface area contributed by atoms with Crippen LogP contribution < -0.4 is 5.32 Å². The van der Waals surface area contributed by atoms with Crippen LogP contribution in [0, 0.1) is 0 Å². The van der Waals surface area contributed by atoms with E-state index < -0.39 is 16.0 Å². The molecule has 1 N–H and O–H groups in total. The smallest absolute Gasteiger partial charge is 0.305 e. The van der Waals surface area contributed by atoms with Gasteiger partial charge in [0.2, 0.25) is 15.9 Å². The topological polar surface area (TPSA) is 92.8 Å². The number of piperidine rings is 1. The van der Waals surface area contributed by atoms with Crippen molar-refractivity contribution in [3.8, 4) is 0 Å². The number of sulfonamides is 1. The van der Waals surface area contributed by atoms with Gasteiger partial charge in [0.25, 0.3) is 0 Å². The van der Waals surface area contributed by atoms with E-state index in [1.807, 2.05) is 0 Å². The van der Waals surface area contributed by atoms with Crippen LogP contribution in [0.15, 0.2) is 0 Å². The number of nitrogens with one attached hydrogen (secondary N) is 1. The fraction of sp³-hybridized carbons (Fsp3) is 0.833. The number of nitrogens with zero attached hydrogens (tertiary/aromatic N) is 1. The molecule has 1 rings (SSSR count). The first-order valence-corrected chi connectivity index (χ1v) is 8.28.